The Bertz CT molecular complexity index is 753. The van der Waals surface area contributed by atoms with Crippen LogP contribution in [0.15, 0.2) is 28.7 Å². The van der Waals surface area contributed by atoms with Gasteiger partial charge in [-0.1, -0.05) is 18.2 Å². The molecule has 2 atom stereocenters. The molecule has 2 aromatic rings. The molecular weight excluding hydrogens is 294 g/mol. The predicted octanol–water partition coefficient (Wildman–Crippen LogP) is 2.33. The van der Waals surface area contributed by atoms with Crippen LogP contribution in [-0.2, 0) is 4.79 Å². The van der Waals surface area contributed by atoms with Crippen LogP contribution in [-0.4, -0.2) is 36.5 Å². The molecule has 1 aliphatic heterocycles. The van der Waals surface area contributed by atoms with E-state index in [4.69, 9.17) is 4.42 Å². The van der Waals surface area contributed by atoms with Gasteiger partial charge in [0.1, 0.15) is 11.3 Å². The van der Waals surface area contributed by atoms with E-state index in [2.05, 4.69) is 10.6 Å². The normalized spacial score (nSPS) is 19.2. The Morgan fingerprint density at radius 1 is 1.39 bits per heavy atom. The first-order valence-electron chi connectivity index (χ1n) is 7.74. The van der Waals surface area contributed by atoms with Gasteiger partial charge in [-0.15, -0.1) is 0 Å². The number of para-hydroxylation sites is 1. The average Bonchev–Trinajstić information content (AvgIpc) is 3.00. The average molecular weight is 315 g/mol. The van der Waals surface area contributed by atoms with Crippen molar-refractivity contribution in [1.29, 1.82) is 0 Å². The van der Waals surface area contributed by atoms with Gasteiger partial charge in [-0.25, -0.2) is 4.79 Å². The van der Waals surface area contributed by atoms with Gasteiger partial charge in [-0.3, -0.25) is 4.79 Å². The monoisotopic (exact) mass is 315 g/mol. The summed E-state index contributed by atoms with van der Waals surface area (Å²) >= 11 is 0. The number of likely N-dealkylation sites (tertiary alicyclic amines) is 1. The highest BCUT2D eigenvalue weighted by atomic mass is 16.3. The van der Waals surface area contributed by atoms with Crippen molar-refractivity contribution in [2.45, 2.75) is 32.4 Å². The zero-order valence-electron chi connectivity index (χ0n) is 13.6. The molecule has 2 N–H and O–H groups in total. The molecule has 0 spiro atoms. The highest BCUT2D eigenvalue weighted by molar-refractivity contribution is 5.83. The Kier molecular flexibility index (Phi) is 3.98. The highest BCUT2D eigenvalue weighted by Gasteiger charge is 2.28. The Hall–Kier alpha value is -2.50. The van der Waals surface area contributed by atoms with Crippen LogP contribution in [0, 0.1) is 6.92 Å². The lowest BCUT2D eigenvalue weighted by Gasteiger charge is -2.16. The summed E-state index contributed by atoms with van der Waals surface area (Å²) in [7, 11) is 1.74. The summed E-state index contributed by atoms with van der Waals surface area (Å²) in [6.07, 6.45) is 0.349. The third-order valence-electron chi connectivity index (χ3n) is 4.30. The van der Waals surface area contributed by atoms with Gasteiger partial charge in [0.15, 0.2) is 0 Å². The molecule has 0 saturated carbocycles. The second kappa shape index (κ2) is 5.95. The molecule has 6 nitrogen and oxygen atoms in total. The van der Waals surface area contributed by atoms with Crippen LogP contribution in [0.4, 0.5) is 4.79 Å². The molecule has 0 aliphatic carbocycles. The van der Waals surface area contributed by atoms with E-state index in [1.165, 1.54) is 0 Å². The van der Waals surface area contributed by atoms with Crippen LogP contribution in [0.3, 0.4) is 0 Å². The second-order valence-electron chi connectivity index (χ2n) is 6.10. The number of fused-ring (bicyclic) bond motifs is 1. The number of aryl methyl sites for hydroxylation is 1. The van der Waals surface area contributed by atoms with E-state index in [-0.39, 0.29) is 24.0 Å². The predicted molar refractivity (Wildman–Crippen MR) is 87.1 cm³/mol. The number of carbonyl (C=O) groups excluding carboxylic acids is 2. The molecule has 1 saturated heterocycles. The highest BCUT2D eigenvalue weighted by Crippen LogP contribution is 2.29. The number of amides is 3. The number of hydrogen-bond donors (Lipinski definition) is 2. The third-order valence-corrected chi connectivity index (χ3v) is 4.30. The molecule has 2 heterocycles. The van der Waals surface area contributed by atoms with Crippen molar-refractivity contribution in [3.63, 3.8) is 0 Å². The minimum atomic E-state index is -0.287. The van der Waals surface area contributed by atoms with Crippen molar-refractivity contribution >= 4 is 22.9 Å². The molecule has 1 aromatic heterocycles. The molecule has 1 unspecified atom stereocenters. The summed E-state index contributed by atoms with van der Waals surface area (Å²) in [4.78, 5) is 25.2. The SMILES string of the molecule is Cc1c([C@@H](C)NC(=O)NC2CC(=O)N(C)C2)oc2ccccc12. The van der Waals surface area contributed by atoms with Crippen molar-refractivity contribution in [1.82, 2.24) is 15.5 Å². The summed E-state index contributed by atoms with van der Waals surface area (Å²) in [6.45, 7) is 4.42. The standard InChI is InChI=1S/C17H21N3O3/c1-10-13-6-4-5-7-14(13)23-16(10)11(2)18-17(22)19-12-8-15(21)20(3)9-12/h4-7,11-12H,8-9H2,1-3H3,(H2,18,19,22)/t11-,12?/m1/s1. The van der Waals surface area contributed by atoms with Crippen molar-refractivity contribution < 1.29 is 14.0 Å². The quantitative estimate of drug-likeness (QED) is 0.913. The number of hydrogen-bond acceptors (Lipinski definition) is 3. The maximum absolute atomic E-state index is 12.1. The van der Waals surface area contributed by atoms with Gasteiger partial charge in [0.05, 0.1) is 12.1 Å². The molecule has 122 valence electrons. The fourth-order valence-electron chi connectivity index (χ4n) is 3.06. The van der Waals surface area contributed by atoms with E-state index in [0.717, 1.165) is 22.3 Å². The molecular formula is C17H21N3O3. The first-order valence-corrected chi connectivity index (χ1v) is 7.74. The van der Waals surface area contributed by atoms with Gasteiger partial charge in [-0.2, -0.15) is 0 Å². The molecule has 3 amide bonds. The fraction of sp³-hybridized carbons (Fsp3) is 0.412. The van der Waals surface area contributed by atoms with Crippen molar-refractivity contribution in [3.05, 3.63) is 35.6 Å². The minimum Gasteiger partial charge on any atom is -0.459 e. The molecule has 1 aromatic carbocycles. The number of urea groups is 1. The number of likely N-dealkylation sites (N-methyl/N-ethyl adjacent to an activating group) is 1. The zero-order chi connectivity index (χ0) is 16.6. The van der Waals surface area contributed by atoms with Gasteiger partial charge in [0.2, 0.25) is 5.91 Å². The smallest absolute Gasteiger partial charge is 0.315 e. The minimum absolute atomic E-state index is 0.0523. The molecule has 0 radical (unpaired) electrons. The number of rotatable bonds is 3. The maximum atomic E-state index is 12.1. The molecule has 6 heteroatoms. The molecule has 0 bridgehead atoms. The molecule has 1 fully saturated rings. The van der Waals surface area contributed by atoms with Crippen LogP contribution >= 0.6 is 0 Å². The summed E-state index contributed by atoms with van der Waals surface area (Å²) in [5.74, 6) is 0.803. The van der Waals surface area contributed by atoms with Crippen LogP contribution in [0.2, 0.25) is 0 Å². The van der Waals surface area contributed by atoms with E-state index >= 15 is 0 Å². The number of benzene rings is 1. The van der Waals surface area contributed by atoms with E-state index in [9.17, 15) is 9.59 Å². The Balaban J connectivity index is 1.66. The van der Waals surface area contributed by atoms with E-state index < -0.39 is 0 Å². The van der Waals surface area contributed by atoms with Crippen LogP contribution < -0.4 is 10.6 Å². The van der Waals surface area contributed by atoms with E-state index in [1.54, 1.807) is 11.9 Å². The van der Waals surface area contributed by atoms with Crippen molar-refractivity contribution in [2.24, 2.45) is 0 Å². The number of furan rings is 1. The number of nitrogens with one attached hydrogen (secondary N) is 2. The van der Waals surface area contributed by atoms with Gasteiger partial charge in [0.25, 0.3) is 0 Å². The summed E-state index contributed by atoms with van der Waals surface area (Å²) in [6, 6.07) is 7.13. The lowest BCUT2D eigenvalue weighted by atomic mass is 10.1. The Morgan fingerprint density at radius 3 is 2.78 bits per heavy atom. The van der Waals surface area contributed by atoms with Gasteiger partial charge in [0, 0.05) is 31.0 Å². The zero-order valence-corrected chi connectivity index (χ0v) is 13.6. The maximum Gasteiger partial charge on any atom is 0.315 e. The van der Waals surface area contributed by atoms with Crippen molar-refractivity contribution in [2.75, 3.05) is 13.6 Å². The Morgan fingerprint density at radius 2 is 2.13 bits per heavy atom. The van der Waals surface area contributed by atoms with Gasteiger partial charge < -0.3 is 20.0 Å². The van der Waals surface area contributed by atoms with Gasteiger partial charge in [-0.05, 0) is 19.9 Å². The molecule has 1 aliphatic rings. The third kappa shape index (κ3) is 3.02. The second-order valence-corrected chi connectivity index (χ2v) is 6.10. The van der Waals surface area contributed by atoms with E-state index in [0.29, 0.717) is 13.0 Å². The largest absolute Gasteiger partial charge is 0.459 e. The topological polar surface area (TPSA) is 74.6 Å². The number of carbonyl (C=O) groups is 2. The summed E-state index contributed by atoms with van der Waals surface area (Å²) in [5.41, 5.74) is 1.85. The fourth-order valence-corrected chi connectivity index (χ4v) is 3.06. The first-order chi connectivity index (χ1) is 11.0. The summed E-state index contributed by atoms with van der Waals surface area (Å²) < 4.78 is 5.86. The van der Waals surface area contributed by atoms with Crippen molar-refractivity contribution in [3.8, 4) is 0 Å². The lowest BCUT2D eigenvalue weighted by molar-refractivity contribution is -0.126. The van der Waals surface area contributed by atoms with Crippen LogP contribution in [0.25, 0.3) is 11.0 Å². The molecule has 23 heavy (non-hydrogen) atoms. The summed E-state index contributed by atoms with van der Waals surface area (Å²) in [5, 5.41) is 6.78. The van der Waals surface area contributed by atoms with Crippen LogP contribution in [0.1, 0.15) is 30.7 Å². The number of nitrogens with zero attached hydrogens (tertiary/aromatic N) is 1. The van der Waals surface area contributed by atoms with Crippen LogP contribution in [0.5, 0.6) is 0 Å². The van der Waals surface area contributed by atoms with E-state index in [1.807, 2.05) is 38.1 Å². The molecule has 3 rings (SSSR count). The Labute approximate surface area is 134 Å². The van der Waals surface area contributed by atoms with Gasteiger partial charge >= 0.3 is 6.03 Å². The lowest BCUT2D eigenvalue weighted by Crippen LogP contribution is -2.43. The first kappa shape index (κ1) is 15.4.